The molecular formula is C12H22N2O8. The Morgan fingerprint density at radius 3 is 1.50 bits per heavy atom. The third-order valence-corrected chi connectivity index (χ3v) is 2.28. The van der Waals surface area contributed by atoms with Crippen LogP contribution >= 0.6 is 0 Å². The molecule has 2 amide bonds. The molecular weight excluding hydrogens is 300 g/mol. The monoisotopic (exact) mass is 322 g/mol. The Labute approximate surface area is 127 Å². The molecule has 0 aliphatic heterocycles. The zero-order valence-electron chi connectivity index (χ0n) is 13.1. The van der Waals surface area contributed by atoms with Crippen molar-refractivity contribution in [2.75, 3.05) is 14.2 Å². The van der Waals surface area contributed by atoms with Gasteiger partial charge in [-0.25, -0.2) is 14.4 Å². The van der Waals surface area contributed by atoms with E-state index >= 15 is 0 Å². The van der Waals surface area contributed by atoms with Gasteiger partial charge in [0.2, 0.25) is 0 Å². The molecule has 4 N–H and O–H groups in total. The Kier molecular flexibility index (Phi) is 11.1. The Hall–Kier alpha value is -2.52. The van der Waals surface area contributed by atoms with Gasteiger partial charge in [-0.05, 0) is 12.8 Å². The highest BCUT2D eigenvalue weighted by Crippen LogP contribution is 2.01. The normalized spacial score (nSPS) is 12.1. The summed E-state index contributed by atoms with van der Waals surface area (Å²) in [5.41, 5.74) is 0. The number of rotatable bonds is 5. The van der Waals surface area contributed by atoms with Crippen molar-refractivity contribution in [3.63, 3.8) is 0 Å². The third kappa shape index (κ3) is 10.3. The maximum absolute atomic E-state index is 10.6. The van der Waals surface area contributed by atoms with Crippen LogP contribution in [0.5, 0.6) is 0 Å². The van der Waals surface area contributed by atoms with E-state index in [1.807, 2.05) is 0 Å². The summed E-state index contributed by atoms with van der Waals surface area (Å²) in [6, 6.07) is -1.80. The van der Waals surface area contributed by atoms with E-state index in [1.165, 1.54) is 21.1 Å². The molecule has 0 radical (unpaired) electrons. The van der Waals surface area contributed by atoms with Crippen LogP contribution in [0.4, 0.5) is 9.59 Å². The fourth-order valence-electron chi connectivity index (χ4n) is 0.997. The predicted octanol–water partition coefficient (Wildman–Crippen LogP) is 0.267. The van der Waals surface area contributed by atoms with Crippen molar-refractivity contribution in [3.8, 4) is 0 Å². The summed E-state index contributed by atoms with van der Waals surface area (Å²) in [4.78, 5) is 41.6. The van der Waals surface area contributed by atoms with Crippen molar-refractivity contribution in [3.05, 3.63) is 0 Å². The number of amides is 2. The summed E-state index contributed by atoms with van der Waals surface area (Å²) >= 11 is 0. The van der Waals surface area contributed by atoms with E-state index < -0.39 is 36.2 Å². The van der Waals surface area contributed by atoms with Gasteiger partial charge in [-0.2, -0.15) is 0 Å². The Bertz CT molecular complexity index is 397. The van der Waals surface area contributed by atoms with E-state index in [4.69, 9.17) is 10.2 Å². The number of carboxylic acids is 2. The standard InChI is InChI=1S/C7H13NO4.C5H9NO4/c1-4(2)5(6(9)10)8-7(11)12-3;1-3(4(7)8)6-5(9)10-2/h4-5H,1-3H3,(H,8,11)(H,9,10);3H,1-2H3,(H,6,9)(H,7,8). The smallest absolute Gasteiger partial charge is 0.407 e. The molecule has 2 atom stereocenters. The summed E-state index contributed by atoms with van der Waals surface area (Å²) in [5, 5.41) is 21.1. The number of alkyl carbamates (subject to hydrolysis) is 2. The molecule has 0 saturated carbocycles. The molecule has 0 bridgehead atoms. The summed E-state index contributed by atoms with van der Waals surface area (Å²) in [6.45, 7) is 4.75. The molecule has 0 spiro atoms. The fourth-order valence-corrected chi connectivity index (χ4v) is 0.997. The van der Waals surface area contributed by atoms with Gasteiger partial charge < -0.3 is 30.3 Å². The molecule has 0 heterocycles. The molecule has 0 aliphatic rings. The number of hydrogen-bond donors (Lipinski definition) is 4. The lowest BCUT2D eigenvalue weighted by Crippen LogP contribution is -2.44. The van der Waals surface area contributed by atoms with Gasteiger partial charge in [-0.15, -0.1) is 0 Å². The van der Waals surface area contributed by atoms with Crippen LogP contribution in [0, 0.1) is 5.92 Å². The van der Waals surface area contributed by atoms with Gasteiger partial charge in [0.05, 0.1) is 14.2 Å². The Balaban J connectivity index is 0. The van der Waals surface area contributed by atoms with Crippen LogP contribution in [0.1, 0.15) is 20.8 Å². The van der Waals surface area contributed by atoms with Crippen molar-refractivity contribution in [1.82, 2.24) is 10.6 Å². The molecule has 0 rings (SSSR count). The van der Waals surface area contributed by atoms with E-state index in [-0.39, 0.29) is 5.92 Å². The van der Waals surface area contributed by atoms with E-state index in [0.717, 1.165) is 0 Å². The SMILES string of the molecule is COC(=O)NC(C(=O)O)C(C)C.COC(=O)NC(C)C(=O)O. The van der Waals surface area contributed by atoms with Crippen molar-refractivity contribution in [2.24, 2.45) is 5.92 Å². The van der Waals surface area contributed by atoms with E-state index in [1.54, 1.807) is 13.8 Å². The minimum Gasteiger partial charge on any atom is -0.480 e. The number of ether oxygens (including phenoxy) is 2. The van der Waals surface area contributed by atoms with Crippen LogP contribution in [-0.4, -0.2) is 60.6 Å². The van der Waals surface area contributed by atoms with Crippen molar-refractivity contribution >= 4 is 24.1 Å². The average Bonchev–Trinajstić information content (AvgIpc) is 2.43. The highest BCUT2D eigenvalue weighted by molar-refractivity contribution is 5.80. The number of methoxy groups -OCH3 is 2. The minimum absolute atomic E-state index is 0.165. The molecule has 0 fully saturated rings. The van der Waals surface area contributed by atoms with Crippen LogP contribution < -0.4 is 10.6 Å². The summed E-state index contributed by atoms with van der Waals surface area (Å²) in [7, 11) is 2.36. The van der Waals surface area contributed by atoms with Gasteiger partial charge in [-0.1, -0.05) is 13.8 Å². The largest absolute Gasteiger partial charge is 0.480 e. The number of nitrogens with one attached hydrogen (secondary N) is 2. The molecule has 0 saturated heterocycles. The van der Waals surface area contributed by atoms with Crippen LogP contribution in [-0.2, 0) is 19.1 Å². The van der Waals surface area contributed by atoms with Crippen LogP contribution in [0.2, 0.25) is 0 Å². The van der Waals surface area contributed by atoms with Gasteiger partial charge >= 0.3 is 24.1 Å². The van der Waals surface area contributed by atoms with E-state index in [2.05, 4.69) is 20.1 Å². The molecule has 10 heteroatoms. The van der Waals surface area contributed by atoms with E-state index in [9.17, 15) is 19.2 Å². The van der Waals surface area contributed by atoms with Crippen LogP contribution in [0.3, 0.4) is 0 Å². The fraction of sp³-hybridized carbons (Fsp3) is 0.667. The van der Waals surface area contributed by atoms with Crippen LogP contribution in [0.25, 0.3) is 0 Å². The molecule has 2 unspecified atom stereocenters. The maximum atomic E-state index is 10.6. The molecule has 0 aromatic carbocycles. The zero-order chi connectivity index (χ0) is 17.9. The van der Waals surface area contributed by atoms with Crippen molar-refractivity contribution in [2.45, 2.75) is 32.9 Å². The summed E-state index contributed by atoms with van der Waals surface area (Å²) < 4.78 is 8.43. The third-order valence-electron chi connectivity index (χ3n) is 2.28. The number of carbonyl (C=O) groups excluding carboxylic acids is 2. The lowest BCUT2D eigenvalue weighted by Gasteiger charge is -2.16. The molecule has 22 heavy (non-hydrogen) atoms. The first-order valence-electron chi connectivity index (χ1n) is 6.21. The predicted molar refractivity (Wildman–Crippen MR) is 74.4 cm³/mol. The first-order valence-corrected chi connectivity index (χ1v) is 6.21. The van der Waals surface area contributed by atoms with Gasteiger partial charge in [0, 0.05) is 0 Å². The maximum Gasteiger partial charge on any atom is 0.407 e. The first kappa shape index (κ1) is 21.8. The van der Waals surface area contributed by atoms with Gasteiger partial charge in [0.1, 0.15) is 12.1 Å². The van der Waals surface area contributed by atoms with Gasteiger partial charge in [0.25, 0.3) is 0 Å². The number of hydrogen-bond acceptors (Lipinski definition) is 6. The highest BCUT2D eigenvalue weighted by atomic mass is 16.5. The second kappa shape index (κ2) is 11.2. The summed E-state index contributed by atoms with van der Waals surface area (Å²) in [5.74, 6) is -2.32. The van der Waals surface area contributed by atoms with Crippen molar-refractivity contribution < 1.29 is 38.9 Å². The average molecular weight is 322 g/mol. The second-order valence-electron chi connectivity index (χ2n) is 4.39. The van der Waals surface area contributed by atoms with Gasteiger partial charge in [-0.3, -0.25) is 4.79 Å². The lowest BCUT2D eigenvalue weighted by atomic mass is 10.1. The number of carbonyl (C=O) groups is 4. The topological polar surface area (TPSA) is 151 Å². The van der Waals surface area contributed by atoms with Crippen molar-refractivity contribution in [1.29, 1.82) is 0 Å². The molecule has 0 aromatic rings. The minimum atomic E-state index is -1.09. The van der Waals surface area contributed by atoms with Gasteiger partial charge in [0.15, 0.2) is 0 Å². The highest BCUT2D eigenvalue weighted by Gasteiger charge is 2.23. The lowest BCUT2D eigenvalue weighted by molar-refractivity contribution is -0.140. The quantitative estimate of drug-likeness (QED) is 0.563. The Morgan fingerprint density at radius 2 is 1.23 bits per heavy atom. The number of carboxylic acid groups (broad SMARTS) is 2. The van der Waals surface area contributed by atoms with E-state index in [0.29, 0.717) is 0 Å². The second-order valence-corrected chi connectivity index (χ2v) is 4.39. The zero-order valence-corrected chi connectivity index (χ0v) is 13.1. The first-order chi connectivity index (χ1) is 10.1. The molecule has 128 valence electrons. The molecule has 0 aromatic heterocycles. The summed E-state index contributed by atoms with van der Waals surface area (Å²) in [6.07, 6.45) is -1.47. The van der Waals surface area contributed by atoms with Crippen LogP contribution in [0.15, 0.2) is 0 Å². The Morgan fingerprint density at radius 1 is 0.818 bits per heavy atom. The molecule has 10 nitrogen and oxygen atoms in total. The molecule has 0 aliphatic carbocycles. The number of aliphatic carboxylic acids is 2.